The minimum atomic E-state index is 0.0600. The van der Waals surface area contributed by atoms with E-state index in [9.17, 15) is 4.79 Å². The van der Waals surface area contributed by atoms with Gasteiger partial charge < -0.3 is 4.90 Å². The molecular formula is C20H25N5OS. The second-order valence-electron chi connectivity index (χ2n) is 6.77. The van der Waals surface area contributed by atoms with E-state index in [0.717, 1.165) is 30.1 Å². The van der Waals surface area contributed by atoms with Crippen molar-refractivity contribution in [1.82, 2.24) is 24.7 Å². The van der Waals surface area contributed by atoms with E-state index in [1.165, 1.54) is 17.3 Å². The lowest BCUT2D eigenvalue weighted by Crippen LogP contribution is -2.49. The third-order valence-electron chi connectivity index (χ3n) is 4.66. The van der Waals surface area contributed by atoms with E-state index in [0.29, 0.717) is 11.4 Å². The van der Waals surface area contributed by atoms with Crippen molar-refractivity contribution in [1.29, 1.82) is 0 Å². The molecule has 0 aliphatic carbocycles. The summed E-state index contributed by atoms with van der Waals surface area (Å²) >= 11 is 1.44. The number of aryl methyl sites for hydroxylation is 1. The van der Waals surface area contributed by atoms with Crippen LogP contribution >= 0.6 is 11.8 Å². The second-order valence-corrected chi connectivity index (χ2v) is 7.76. The topological polar surface area (TPSA) is 63.4 Å². The summed E-state index contributed by atoms with van der Waals surface area (Å²) in [7, 11) is 0. The fraction of sp³-hybridized carbons (Fsp3) is 0.400. The zero-order valence-electron chi connectivity index (χ0n) is 15.8. The quantitative estimate of drug-likeness (QED) is 0.540. The van der Waals surface area contributed by atoms with Crippen LogP contribution in [0.1, 0.15) is 32.0 Å². The van der Waals surface area contributed by atoms with Crippen molar-refractivity contribution in [2.75, 3.05) is 5.75 Å². The predicted octanol–water partition coefficient (Wildman–Crippen LogP) is 3.59. The van der Waals surface area contributed by atoms with Gasteiger partial charge in [-0.05, 0) is 45.2 Å². The van der Waals surface area contributed by atoms with Crippen LogP contribution < -0.4 is 0 Å². The summed E-state index contributed by atoms with van der Waals surface area (Å²) in [5, 5.41) is 13.3. The molecule has 2 aromatic rings. The second kappa shape index (κ2) is 8.52. The van der Waals surface area contributed by atoms with E-state index < -0.39 is 0 Å². The summed E-state index contributed by atoms with van der Waals surface area (Å²) in [6, 6.07) is 3.96. The highest BCUT2D eigenvalue weighted by molar-refractivity contribution is 7.99. The molecule has 2 atom stereocenters. The minimum absolute atomic E-state index is 0.0600. The van der Waals surface area contributed by atoms with E-state index in [2.05, 4.69) is 41.5 Å². The number of fused-ring (bicyclic) bond motifs is 1. The molecule has 0 saturated carbocycles. The third kappa shape index (κ3) is 4.30. The van der Waals surface area contributed by atoms with E-state index in [-0.39, 0.29) is 18.0 Å². The first-order valence-corrected chi connectivity index (χ1v) is 10.0. The molecule has 3 heterocycles. The summed E-state index contributed by atoms with van der Waals surface area (Å²) in [5.41, 5.74) is 2.03. The molecule has 0 spiro atoms. The van der Waals surface area contributed by atoms with Crippen molar-refractivity contribution in [3.05, 3.63) is 54.9 Å². The monoisotopic (exact) mass is 383 g/mol. The molecule has 142 valence electrons. The number of hydrogen-bond donors (Lipinski definition) is 0. The van der Waals surface area contributed by atoms with Gasteiger partial charge in [0.1, 0.15) is 5.03 Å². The molecule has 0 saturated heterocycles. The van der Waals surface area contributed by atoms with Crippen LogP contribution in [0.3, 0.4) is 0 Å². The highest BCUT2D eigenvalue weighted by Crippen LogP contribution is 2.28. The van der Waals surface area contributed by atoms with E-state index in [1.54, 1.807) is 4.52 Å². The van der Waals surface area contributed by atoms with Gasteiger partial charge in [-0.1, -0.05) is 35.6 Å². The SMILES string of the molecule is C=CC[C@H]1CC(C)=C[C@H](CC=C)N1C(=O)CSc1ccc2nnc(C)n2n1. The Kier molecular flexibility index (Phi) is 6.11. The number of thioether (sulfide) groups is 1. The standard InChI is InChI=1S/C20H25N5OS/c1-5-7-16-11-14(3)12-17(8-6-2)24(16)20(26)13-27-19-10-9-18-22-21-15(4)25(18)23-19/h5-6,9-11,16-17H,1-2,7-8,12-13H2,3-4H3/t16-,17-/m0/s1. The molecule has 0 fully saturated rings. The normalized spacial score (nSPS) is 19.8. The highest BCUT2D eigenvalue weighted by atomic mass is 32.2. The maximum atomic E-state index is 13.1. The van der Waals surface area contributed by atoms with Gasteiger partial charge in [-0.15, -0.1) is 23.4 Å². The molecular weight excluding hydrogens is 358 g/mol. The first-order chi connectivity index (χ1) is 13.0. The fourth-order valence-corrected chi connectivity index (χ4v) is 4.24. The number of nitrogens with zero attached hydrogens (tertiary/aromatic N) is 5. The van der Waals surface area contributed by atoms with E-state index >= 15 is 0 Å². The molecule has 1 aliphatic heterocycles. The van der Waals surface area contributed by atoms with Crippen LogP contribution in [0.2, 0.25) is 0 Å². The lowest BCUT2D eigenvalue weighted by atomic mass is 9.92. The van der Waals surface area contributed by atoms with Crippen LogP contribution in [0.4, 0.5) is 0 Å². The largest absolute Gasteiger partial charge is 0.332 e. The Bertz CT molecular complexity index is 888. The van der Waals surface area contributed by atoms with Crippen LogP contribution in [0.5, 0.6) is 0 Å². The molecule has 0 aromatic carbocycles. The van der Waals surface area contributed by atoms with Gasteiger partial charge in [0.05, 0.1) is 11.8 Å². The number of rotatable bonds is 7. The maximum Gasteiger partial charge on any atom is 0.233 e. The lowest BCUT2D eigenvalue weighted by Gasteiger charge is -2.40. The molecule has 6 nitrogen and oxygen atoms in total. The Labute approximate surface area is 164 Å². The minimum Gasteiger partial charge on any atom is -0.332 e. The van der Waals surface area contributed by atoms with Crippen molar-refractivity contribution in [2.45, 2.75) is 50.2 Å². The third-order valence-corrected chi connectivity index (χ3v) is 5.56. The van der Waals surface area contributed by atoms with Gasteiger partial charge >= 0.3 is 0 Å². The van der Waals surface area contributed by atoms with Crippen LogP contribution in [0, 0.1) is 6.92 Å². The zero-order valence-corrected chi connectivity index (χ0v) is 16.7. The predicted molar refractivity (Wildman–Crippen MR) is 109 cm³/mol. The maximum absolute atomic E-state index is 13.1. The lowest BCUT2D eigenvalue weighted by molar-refractivity contribution is -0.132. The highest BCUT2D eigenvalue weighted by Gasteiger charge is 2.31. The number of hydrogen-bond acceptors (Lipinski definition) is 5. The van der Waals surface area contributed by atoms with Crippen molar-refractivity contribution >= 4 is 23.3 Å². The van der Waals surface area contributed by atoms with Crippen LogP contribution in [0.25, 0.3) is 5.65 Å². The molecule has 0 N–H and O–H groups in total. The van der Waals surface area contributed by atoms with Gasteiger partial charge in [-0.2, -0.15) is 9.61 Å². The van der Waals surface area contributed by atoms with Crippen molar-refractivity contribution in [2.24, 2.45) is 0 Å². The molecule has 1 aliphatic rings. The van der Waals surface area contributed by atoms with Crippen LogP contribution in [-0.4, -0.2) is 48.5 Å². The summed E-state index contributed by atoms with van der Waals surface area (Å²) in [5.74, 6) is 1.19. The van der Waals surface area contributed by atoms with Crippen molar-refractivity contribution in [3.8, 4) is 0 Å². The summed E-state index contributed by atoms with van der Waals surface area (Å²) in [4.78, 5) is 15.1. The Morgan fingerprint density at radius 2 is 2.04 bits per heavy atom. The summed E-state index contributed by atoms with van der Waals surface area (Å²) in [6.45, 7) is 11.7. The number of aromatic nitrogens is 4. The number of amides is 1. The van der Waals surface area contributed by atoms with E-state index in [4.69, 9.17) is 0 Å². The van der Waals surface area contributed by atoms with Gasteiger partial charge in [0.2, 0.25) is 5.91 Å². The van der Waals surface area contributed by atoms with Crippen LogP contribution in [-0.2, 0) is 4.79 Å². The number of carbonyl (C=O) groups is 1. The van der Waals surface area contributed by atoms with Crippen molar-refractivity contribution < 1.29 is 4.79 Å². The Morgan fingerprint density at radius 3 is 2.78 bits per heavy atom. The first-order valence-electron chi connectivity index (χ1n) is 9.05. The Morgan fingerprint density at radius 1 is 1.26 bits per heavy atom. The molecule has 7 heteroatoms. The van der Waals surface area contributed by atoms with Crippen molar-refractivity contribution in [3.63, 3.8) is 0 Å². The summed E-state index contributed by atoms with van der Waals surface area (Å²) < 4.78 is 1.70. The average molecular weight is 384 g/mol. The van der Waals surface area contributed by atoms with Gasteiger partial charge in [-0.3, -0.25) is 4.79 Å². The van der Waals surface area contributed by atoms with E-state index in [1.807, 2.05) is 36.1 Å². The molecule has 0 bridgehead atoms. The van der Waals surface area contributed by atoms with Gasteiger partial charge in [0, 0.05) is 6.04 Å². The molecule has 0 radical (unpaired) electrons. The fourth-order valence-electron chi connectivity index (χ4n) is 3.51. The number of carbonyl (C=O) groups excluding carboxylic acids is 1. The van der Waals surface area contributed by atoms with Gasteiger partial charge in [-0.25, -0.2) is 0 Å². The smallest absolute Gasteiger partial charge is 0.233 e. The summed E-state index contributed by atoms with van der Waals surface area (Å²) in [6.07, 6.45) is 8.40. The Hall–Kier alpha value is -2.41. The molecule has 2 aromatic heterocycles. The first kappa shape index (κ1) is 19.4. The zero-order chi connectivity index (χ0) is 19.4. The van der Waals surface area contributed by atoms with Crippen LogP contribution in [0.15, 0.2) is 54.1 Å². The molecule has 27 heavy (non-hydrogen) atoms. The molecule has 3 rings (SSSR count). The molecule has 0 unspecified atom stereocenters. The average Bonchev–Trinajstić information content (AvgIpc) is 3.01. The van der Waals surface area contributed by atoms with Gasteiger partial charge in [0.15, 0.2) is 11.5 Å². The van der Waals surface area contributed by atoms with Gasteiger partial charge in [0.25, 0.3) is 0 Å². The Balaban J connectivity index is 1.75. The molecule has 1 amide bonds.